The second kappa shape index (κ2) is 10.7. The zero-order valence-electron chi connectivity index (χ0n) is 23.3. The number of fused-ring (bicyclic) bond motifs is 1. The van der Waals surface area contributed by atoms with Gasteiger partial charge in [0.15, 0.2) is 0 Å². The Labute approximate surface area is 237 Å². The van der Waals surface area contributed by atoms with Gasteiger partial charge in [0, 0.05) is 28.1 Å². The predicted octanol–water partition coefficient (Wildman–Crippen LogP) is 11.0. The molecule has 0 spiro atoms. The Bertz CT molecular complexity index is 1730. The van der Waals surface area contributed by atoms with Gasteiger partial charge in [0.1, 0.15) is 0 Å². The van der Waals surface area contributed by atoms with Gasteiger partial charge < -0.3 is 10.2 Å². The van der Waals surface area contributed by atoms with Gasteiger partial charge in [-0.2, -0.15) is 0 Å². The van der Waals surface area contributed by atoms with Gasteiger partial charge in [-0.15, -0.1) is 0 Å². The van der Waals surface area contributed by atoms with Gasteiger partial charge in [0.05, 0.1) is 5.69 Å². The average Bonchev–Trinajstić information content (AvgIpc) is 2.98. The topological polar surface area (TPSA) is 15.3 Å². The van der Waals surface area contributed by atoms with Gasteiger partial charge in [-0.3, -0.25) is 0 Å². The van der Waals surface area contributed by atoms with E-state index in [4.69, 9.17) is 0 Å². The van der Waals surface area contributed by atoms with Gasteiger partial charge in [0.25, 0.3) is 0 Å². The van der Waals surface area contributed by atoms with Crippen LogP contribution in [0.2, 0.25) is 0 Å². The van der Waals surface area contributed by atoms with Crippen molar-refractivity contribution < 1.29 is 0 Å². The lowest BCUT2D eigenvalue weighted by molar-refractivity contribution is 0.590. The molecule has 0 aliphatic heterocycles. The number of rotatable bonds is 6. The van der Waals surface area contributed by atoms with Crippen molar-refractivity contribution in [2.24, 2.45) is 0 Å². The molecule has 0 saturated heterocycles. The summed E-state index contributed by atoms with van der Waals surface area (Å²) < 4.78 is 0. The fourth-order valence-corrected chi connectivity index (χ4v) is 5.30. The third-order valence-corrected chi connectivity index (χ3v) is 7.39. The lowest BCUT2D eigenvalue weighted by Gasteiger charge is -2.29. The number of nitrogens with zero attached hydrogens (tertiary/aromatic N) is 1. The Morgan fingerprint density at radius 3 is 1.82 bits per heavy atom. The molecule has 0 heterocycles. The van der Waals surface area contributed by atoms with Crippen molar-refractivity contribution in [3.05, 3.63) is 151 Å². The van der Waals surface area contributed by atoms with E-state index in [1.807, 2.05) is 6.07 Å². The molecular weight excluding hydrogens is 484 g/mol. The van der Waals surface area contributed by atoms with E-state index in [0.717, 1.165) is 28.4 Å². The van der Waals surface area contributed by atoms with Crippen LogP contribution in [-0.2, 0) is 5.41 Å². The van der Waals surface area contributed by atoms with Gasteiger partial charge >= 0.3 is 0 Å². The summed E-state index contributed by atoms with van der Waals surface area (Å²) in [5.41, 5.74) is 9.36. The van der Waals surface area contributed by atoms with E-state index in [9.17, 15) is 0 Å². The minimum atomic E-state index is 0.0902. The molecule has 6 aromatic rings. The molecule has 2 heteroatoms. The molecule has 40 heavy (non-hydrogen) atoms. The molecule has 6 aromatic carbocycles. The summed E-state index contributed by atoms with van der Waals surface area (Å²) in [6.07, 6.45) is 0. The van der Waals surface area contributed by atoms with Crippen LogP contribution in [-0.4, -0.2) is 0 Å². The predicted molar refractivity (Wildman–Crippen MR) is 172 cm³/mol. The number of para-hydroxylation sites is 1. The quantitative estimate of drug-likeness (QED) is 0.236. The fourth-order valence-electron chi connectivity index (χ4n) is 5.30. The van der Waals surface area contributed by atoms with Crippen LogP contribution >= 0.6 is 0 Å². The van der Waals surface area contributed by atoms with E-state index in [2.05, 4.69) is 171 Å². The van der Waals surface area contributed by atoms with Crippen LogP contribution in [0.25, 0.3) is 21.9 Å². The molecule has 0 radical (unpaired) electrons. The highest BCUT2D eigenvalue weighted by Gasteiger charge is 2.19. The first-order valence-corrected chi connectivity index (χ1v) is 13.9. The summed E-state index contributed by atoms with van der Waals surface area (Å²) >= 11 is 0. The molecule has 6 rings (SSSR count). The highest BCUT2D eigenvalue weighted by atomic mass is 15.1. The SMILES string of the molecule is CC(C)(C)c1ccc(N(c2cccc(Nc3ccccc3)c2)c2ccc(-c3ccccc3)c3ccccc23)cc1. The number of hydrogen-bond acceptors (Lipinski definition) is 2. The molecule has 0 saturated carbocycles. The van der Waals surface area contributed by atoms with Crippen LogP contribution in [0.1, 0.15) is 26.3 Å². The number of benzene rings is 6. The monoisotopic (exact) mass is 518 g/mol. The van der Waals surface area contributed by atoms with Crippen molar-refractivity contribution in [1.29, 1.82) is 0 Å². The molecule has 0 atom stereocenters. The zero-order chi connectivity index (χ0) is 27.5. The van der Waals surface area contributed by atoms with Gasteiger partial charge in [-0.05, 0) is 76.0 Å². The van der Waals surface area contributed by atoms with Crippen molar-refractivity contribution in [2.45, 2.75) is 26.2 Å². The maximum atomic E-state index is 3.57. The lowest BCUT2D eigenvalue weighted by Crippen LogP contribution is -2.13. The Morgan fingerprint density at radius 1 is 0.500 bits per heavy atom. The Hall–Kier alpha value is -4.82. The third kappa shape index (κ3) is 5.21. The molecule has 0 aliphatic rings. The van der Waals surface area contributed by atoms with E-state index in [1.165, 1.54) is 27.5 Å². The van der Waals surface area contributed by atoms with E-state index in [0.29, 0.717) is 0 Å². The first-order valence-electron chi connectivity index (χ1n) is 13.9. The molecule has 2 nitrogen and oxygen atoms in total. The first-order chi connectivity index (χ1) is 19.5. The van der Waals surface area contributed by atoms with E-state index < -0.39 is 0 Å². The molecule has 0 bridgehead atoms. The number of nitrogens with one attached hydrogen (secondary N) is 1. The Morgan fingerprint density at radius 2 is 1.12 bits per heavy atom. The smallest absolute Gasteiger partial charge is 0.0540 e. The highest BCUT2D eigenvalue weighted by molar-refractivity contribution is 6.06. The van der Waals surface area contributed by atoms with Gasteiger partial charge in [0.2, 0.25) is 0 Å². The van der Waals surface area contributed by atoms with Crippen LogP contribution in [0, 0.1) is 0 Å². The van der Waals surface area contributed by atoms with Gasteiger partial charge in [-0.1, -0.05) is 118 Å². The molecule has 196 valence electrons. The van der Waals surface area contributed by atoms with E-state index in [1.54, 1.807) is 0 Å². The molecule has 0 unspecified atom stereocenters. The summed E-state index contributed by atoms with van der Waals surface area (Å²) in [5.74, 6) is 0. The van der Waals surface area contributed by atoms with Crippen molar-refractivity contribution >= 4 is 39.2 Å². The van der Waals surface area contributed by atoms with Crippen LogP contribution < -0.4 is 10.2 Å². The molecule has 0 aliphatic carbocycles. The fraction of sp³-hybridized carbons (Fsp3) is 0.105. The van der Waals surface area contributed by atoms with E-state index in [-0.39, 0.29) is 5.41 Å². The van der Waals surface area contributed by atoms with Crippen molar-refractivity contribution in [1.82, 2.24) is 0 Å². The summed E-state index contributed by atoms with van der Waals surface area (Å²) in [6.45, 7) is 6.77. The first kappa shape index (κ1) is 25.5. The maximum absolute atomic E-state index is 3.57. The summed E-state index contributed by atoms with van der Waals surface area (Å²) in [7, 11) is 0. The van der Waals surface area contributed by atoms with Crippen molar-refractivity contribution in [2.75, 3.05) is 10.2 Å². The van der Waals surface area contributed by atoms with E-state index >= 15 is 0 Å². The molecule has 0 aromatic heterocycles. The summed E-state index contributed by atoms with van der Waals surface area (Å²) in [6, 6.07) is 51.9. The highest BCUT2D eigenvalue weighted by Crippen LogP contribution is 2.43. The largest absolute Gasteiger partial charge is 0.355 e. The summed E-state index contributed by atoms with van der Waals surface area (Å²) in [5, 5.41) is 6.02. The van der Waals surface area contributed by atoms with Crippen molar-refractivity contribution in [3.8, 4) is 11.1 Å². The molecule has 0 amide bonds. The molecular formula is C38H34N2. The Kier molecular flexibility index (Phi) is 6.84. The average molecular weight is 519 g/mol. The summed E-state index contributed by atoms with van der Waals surface area (Å²) in [4.78, 5) is 2.37. The van der Waals surface area contributed by atoms with Crippen LogP contribution in [0.5, 0.6) is 0 Å². The van der Waals surface area contributed by atoms with Crippen LogP contribution in [0.3, 0.4) is 0 Å². The second-order valence-electron chi connectivity index (χ2n) is 11.2. The standard InChI is InChI=1S/C38H34N2/c1-38(2,3)29-21-23-32(24-22-29)40(33-18-12-17-31(27-33)39-30-15-8-5-9-16-30)37-26-25-34(28-13-6-4-7-14-28)35-19-10-11-20-36(35)37/h4-27,39H,1-3H3. The van der Waals surface area contributed by atoms with Crippen molar-refractivity contribution in [3.63, 3.8) is 0 Å². The van der Waals surface area contributed by atoms with Gasteiger partial charge in [-0.25, -0.2) is 0 Å². The minimum Gasteiger partial charge on any atom is -0.355 e. The number of hydrogen-bond donors (Lipinski definition) is 1. The number of anilines is 5. The van der Waals surface area contributed by atoms with Crippen LogP contribution in [0.15, 0.2) is 146 Å². The molecule has 1 N–H and O–H groups in total. The molecule has 0 fully saturated rings. The van der Waals surface area contributed by atoms with Crippen LogP contribution in [0.4, 0.5) is 28.4 Å². The zero-order valence-corrected chi connectivity index (χ0v) is 23.3. The minimum absolute atomic E-state index is 0.0902. The normalized spacial score (nSPS) is 11.4. The lowest BCUT2D eigenvalue weighted by atomic mass is 9.87. The maximum Gasteiger partial charge on any atom is 0.0540 e. The Balaban J connectivity index is 1.52. The third-order valence-electron chi connectivity index (χ3n) is 7.39. The second-order valence-corrected chi connectivity index (χ2v) is 11.2.